The molecule has 168 valence electrons. The van der Waals surface area contributed by atoms with Crippen molar-refractivity contribution in [3.05, 3.63) is 48.7 Å². The van der Waals surface area contributed by atoms with Crippen molar-refractivity contribution in [2.75, 3.05) is 25.2 Å². The van der Waals surface area contributed by atoms with E-state index in [-0.39, 0.29) is 29.5 Å². The zero-order valence-corrected chi connectivity index (χ0v) is 17.8. The first kappa shape index (κ1) is 21.7. The van der Waals surface area contributed by atoms with Crippen molar-refractivity contribution in [1.29, 1.82) is 0 Å². The second kappa shape index (κ2) is 8.93. The Bertz CT molecular complexity index is 1250. The number of pyridine rings is 1. The van der Waals surface area contributed by atoms with Gasteiger partial charge in [0.25, 0.3) is 0 Å². The smallest absolute Gasteiger partial charge is 0.154 e. The van der Waals surface area contributed by atoms with Crippen LogP contribution in [0, 0.1) is 11.7 Å². The van der Waals surface area contributed by atoms with Gasteiger partial charge in [0.2, 0.25) is 0 Å². The molecule has 5 rings (SSSR count). The molecular formula is C22H25FN6O3. The lowest BCUT2D eigenvalue weighted by Gasteiger charge is -2.17. The topological polar surface area (TPSA) is 134 Å². The molecule has 3 aromatic heterocycles. The molecule has 0 amide bonds. The maximum Gasteiger partial charge on any atom is 0.154 e. The molecule has 4 aromatic rings. The van der Waals surface area contributed by atoms with Gasteiger partial charge in [-0.25, -0.2) is 19.3 Å². The minimum Gasteiger partial charge on any atom is -0.491 e. The lowest BCUT2D eigenvalue weighted by atomic mass is 10.0. The molecule has 9 nitrogen and oxygen atoms in total. The summed E-state index contributed by atoms with van der Waals surface area (Å²) in [4.78, 5) is 12.4. The molecule has 5 N–H and O–H groups in total. The molecule has 1 aliphatic heterocycles. The number of rotatable bonds is 4. The summed E-state index contributed by atoms with van der Waals surface area (Å²) in [6.45, 7) is 2.45. The summed E-state index contributed by atoms with van der Waals surface area (Å²) in [7, 11) is 1.00. The van der Waals surface area contributed by atoms with E-state index >= 15 is 0 Å². The van der Waals surface area contributed by atoms with Gasteiger partial charge in [0, 0.05) is 24.8 Å². The number of anilines is 2. The minimum atomic E-state index is -0.456. The Kier molecular flexibility index (Phi) is 6.06. The van der Waals surface area contributed by atoms with Crippen LogP contribution in [-0.2, 0) is 4.74 Å². The number of nitrogens with zero attached hydrogens (tertiary/aromatic N) is 4. The van der Waals surface area contributed by atoms with Crippen LogP contribution in [0.25, 0.3) is 21.9 Å². The zero-order chi connectivity index (χ0) is 22.8. The number of aliphatic hydroxyl groups excluding tert-OH is 1. The van der Waals surface area contributed by atoms with Crippen molar-refractivity contribution in [3.8, 4) is 5.75 Å². The van der Waals surface area contributed by atoms with Crippen molar-refractivity contribution in [1.82, 2.24) is 19.5 Å². The van der Waals surface area contributed by atoms with Gasteiger partial charge in [-0.1, -0.05) is 6.92 Å². The van der Waals surface area contributed by atoms with Gasteiger partial charge >= 0.3 is 0 Å². The molecule has 1 fully saturated rings. The maximum atomic E-state index is 14.4. The Morgan fingerprint density at radius 2 is 2.00 bits per heavy atom. The van der Waals surface area contributed by atoms with Crippen molar-refractivity contribution in [2.24, 2.45) is 5.92 Å². The SMILES string of the molecule is CC1CC(n2cc(F)c3c(N)ncnc32)OC1COc1ccc2ccc(N)nc2c1.CO. The maximum absolute atomic E-state index is 14.4. The van der Waals surface area contributed by atoms with E-state index < -0.39 is 5.82 Å². The van der Waals surface area contributed by atoms with Gasteiger partial charge in [0.05, 0.1) is 17.0 Å². The van der Waals surface area contributed by atoms with Crippen molar-refractivity contribution < 1.29 is 19.0 Å². The molecule has 10 heteroatoms. The van der Waals surface area contributed by atoms with Crippen molar-refractivity contribution in [2.45, 2.75) is 25.7 Å². The van der Waals surface area contributed by atoms with Gasteiger partial charge in [0.1, 0.15) is 36.5 Å². The quantitative estimate of drug-likeness (QED) is 0.441. The van der Waals surface area contributed by atoms with E-state index in [2.05, 4.69) is 21.9 Å². The lowest BCUT2D eigenvalue weighted by molar-refractivity contribution is -0.0226. The van der Waals surface area contributed by atoms with E-state index in [1.54, 1.807) is 10.6 Å². The first-order chi connectivity index (χ1) is 15.5. The number of halogens is 1. The van der Waals surface area contributed by atoms with Crippen LogP contribution in [0.1, 0.15) is 19.6 Å². The van der Waals surface area contributed by atoms with Gasteiger partial charge in [-0.05, 0) is 36.6 Å². The number of fused-ring (bicyclic) bond motifs is 2. The number of ether oxygens (including phenoxy) is 2. The number of nitrogen functional groups attached to an aromatic ring is 2. The van der Waals surface area contributed by atoms with E-state index in [0.29, 0.717) is 30.2 Å². The number of benzene rings is 1. The predicted octanol–water partition coefficient (Wildman–Crippen LogP) is 2.89. The summed E-state index contributed by atoms with van der Waals surface area (Å²) in [6.07, 6.45) is 2.90. The Balaban J connectivity index is 0.00000119. The van der Waals surface area contributed by atoms with E-state index in [4.69, 9.17) is 26.0 Å². The highest BCUT2D eigenvalue weighted by atomic mass is 19.1. The normalized spacial score (nSPS) is 20.3. The summed E-state index contributed by atoms with van der Waals surface area (Å²) in [6, 6.07) is 9.38. The molecule has 1 aliphatic rings. The zero-order valence-electron chi connectivity index (χ0n) is 17.8. The standard InChI is InChI=1S/C21H21FN6O2.CH4O/c1-11-6-18(28-8-14(22)19-20(24)25-10-26-21(19)28)30-16(11)9-29-13-4-2-12-3-5-17(23)27-15(12)7-13;1-2/h2-5,7-8,10-11,16,18H,6,9H2,1H3,(H2,23,27)(H2,24,25,26);2H,1H3. The third-order valence-corrected chi connectivity index (χ3v) is 5.54. The van der Waals surface area contributed by atoms with Crippen LogP contribution in [0.15, 0.2) is 42.9 Å². The fourth-order valence-electron chi connectivity index (χ4n) is 3.91. The monoisotopic (exact) mass is 440 g/mol. The van der Waals surface area contributed by atoms with E-state index in [1.807, 2.05) is 24.3 Å². The third kappa shape index (κ3) is 4.02. The van der Waals surface area contributed by atoms with Crippen LogP contribution in [-0.4, -0.2) is 44.4 Å². The molecule has 32 heavy (non-hydrogen) atoms. The van der Waals surface area contributed by atoms with Crippen LogP contribution in [0.2, 0.25) is 0 Å². The Hall–Kier alpha value is -3.50. The highest BCUT2D eigenvalue weighted by Gasteiger charge is 2.35. The molecule has 0 spiro atoms. The fourth-order valence-corrected chi connectivity index (χ4v) is 3.91. The van der Waals surface area contributed by atoms with E-state index in [0.717, 1.165) is 18.0 Å². The summed E-state index contributed by atoms with van der Waals surface area (Å²) >= 11 is 0. The van der Waals surface area contributed by atoms with Crippen LogP contribution < -0.4 is 16.2 Å². The van der Waals surface area contributed by atoms with Crippen LogP contribution >= 0.6 is 0 Å². The molecule has 1 saturated heterocycles. The Morgan fingerprint density at radius 1 is 1.22 bits per heavy atom. The summed E-state index contributed by atoms with van der Waals surface area (Å²) < 4.78 is 28.2. The Morgan fingerprint density at radius 3 is 2.81 bits per heavy atom. The molecule has 3 atom stereocenters. The van der Waals surface area contributed by atoms with Crippen LogP contribution in [0.4, 0.5) is 16.0 Å². The molecule has 0 saturated carbocycles. The van der Waals surface area contributed by atoms with Crippen molar-refractivity contribution in [3.63, 3.8) is 0 Å². The van der Waals surface area contributed by atoms with Crippen LogP contribution in [0.3, 0.4) is 0 Å². The summed E-state index contributed by atoms with van der Waals surface area (Å²) in [5.74, 6) is 1.03. The first-order valence-corrected chi connectivity index (χ1v) is 10.2. The molecule has 0 radical (unpaired) electrons. The van der Waals surface area contributed by atoms with Gasteiger partial charge in [0.15, 0.2) is 11.5 Å². The second-order valence-electron chi connectivity index (χ2n) is 7.59. The molecular weight excluding hydrogens is 415 g/mol. The molecule has 3 unspecified atom stereocenters. The number of hydrogen-bond donors (Lipinski definition) is 3. The summed E-state index contributed by atoms with van der Waals surface area (Å²) in [5, 5.41) is 8.21. The highest BCUT2D eigenvalue weighted by Crippen LogP contribution is 2.37. The lowest BCUT2D eigenvalue weighted by Crippen LogP contribution is -2.23. The van der Waals surface area contributed by atoms with E-state index in [9.17, 15) is 4.39 Å². The average Bonchev–Trinajstić information content (AvgIpc) is 3.33. The largest absolute Gasteiger partial charge is 0.491 e. The minimum absolute atomic E-state index is 0.118. The van der Waals surface area contributed by atoms with Gasteiger partial charge in [-0.2, -0.15) is 0 Å². The number of nitrogens with two attached hydrogens (primary N) is 2. The molecule has 0 bridgehead atoms. The van der Waals surface area contributed by atoms with Gasteiger partial charge in [-0.3, -0.25) is 0 Å². The predicted molar refractivity (Wildman–Crippen MR) is 119 cm³/mol. The second-order valence-corrected chi connectivity index (χ2v) is 7.59. The fraction of sp³-hybridized carbons (Fsp3) is 0.318. The third-order valence-electron chi connectivity index (χ3n) is 5.54. The average molecular weight is 440 g/mol. The summed E-state index contributed by atoms with van der Waals surface area (Å²) in [5.41, 5.74) is 12.8. The van der Waals surface area contributed by atoms with E-state index in [1.165, 1.54) is 12.5 Å². The number of aromatic nitrogens is 4. The van der Waals surface area contributed by atoms with Gasteiger partial charge in [-0.15, -0.1) is 0 Å². The van der Waals surface area contributed by atoms with Crippen LogP contribution in [0.5, 0.6) is 5.75 Å². The van der Waals surface area contributed by atoms with Gasteiger partial charge < -0.3 is 30.6 Å². The number of aliphatic hydroxyl groups is 1. The number of hydrogen-bond acceptors (Lipinski definition) is 8. The molecule has 0 aliphatic carbocycles. The Labute approximate surface area is 183 Å². The highest BCUT2D eigenvalue weighted by molar-refractivity contribution is 5.86. The molecule has 4 heterocycles. The first-order valence-electron chi connectivity index (χ1n) is 10.2. The molecule has 1 aromatic carbocycles. The van der Waals surface area contributed by atoms with Crippen molar-refractivity contribution >= 4 is 33.6 Å².